The minimum absolute atomic E-state index is 0.228. The fraction of sp³-hybridized carbons (Fsp3) is 0.533. The molecule has 0 heterocycles. The number of benzene rings is 1. The van der Waals surface area contributed by atoms with Gasteiger partial charge in [0.15, 0.2) is 0 Å². The standard InChI is InChI=1S/C15H25N3O3/c1-17-12-4-6-13(7-5-12)18-14(19)15(16,8-10-20-2)9-11-21-3/h4-7,17H,8-11,16H2,1-3H3,(H,18,19). The van der Waals surface area contributed by atoms with Crippen LogP contribution in [-0.4, -0.2) is 45.9 Å². The van der Waals surface area contributed by atoms with Gasteiger partial charge in [-0.3, -0.25) is 4.79 Å². The summed E-state index contributed by atoms with van der Waals surface area (Å²) in [5.74, 6) is -0.228. The third-order valence-corrected chi connectivity index (χ3v) is 3.39. The van der Waals surface area contributed by atoms with Crippen molar-refractivity contribution in [1.82, 2.24) is 0 Å². The van der Waals surface area contributed by atoms with Gasteiger partial charge < -0.3 is 25.8 Å². The molecule has 0 aliphatic heterocycles. The monoisotopic (exact) mass is 295 g/mol. The predicted molar refractivity (Wildman–Crippen MR) is 84.5 cm³/mol. The number of ether oxygens (including phenoxy) is 2. The Kier molecular flexibility index (Phi) is 7.14. The van der Waals surface area contributed by atoms with Gasteiger partial charge in [-0.2, -0.15) is 0 Å². The summed E-state index contributed by atoms with van der Waals surface area (Å²) in [5, 5.41) is 5.87. The average molecular weight is 295 g/mol. The number of carbonyl (C=O) groups is 1. The van der Waals surface area contributed by atoms with Crippen LogP contribution in [0.25, 0.3) is 0 Å². The molecule has 1 aromatic rings. The van der Waals surface area contributed by atoms with Crippen molar-refractivity contribution < 1.29 is 14.3 Å². The summed E-state index contributed by atoms with van der Waals surface area (Å²) in [6.07, 6.45) is 0.876. The molecular weight excluding hydrogens is 270 g/mol. The summed E-state index contributed by atoms with van der Waals surface area (Å²) in [5.41, 5.74) is 6.92. The van der Waals surface area contributed by atoms with Crippen LogP contribution in [-0.2, 0) is 14.3 Å². The lowest BCUT2D eigenvalue weighted by Gasteiger charge is -2.27. The topological polar surface area (TPSA) is 85.6 Å². The minimum Gasteiger partial charge on any atom is -0.388 e. The van der Waals surface area contributed by atoms with Crippen molar-refractivity contribution in [3.8, 4) is 0 Å². The molecular formula is C15H25N3O3. The molecule has 6 nitrogen and oxygen atoms in total. The third-order valence-electron chi connectivity index (χ3n) is 3.39. The first-order valence-electron chi connectivity index (χ1n) is 6.92. The lowest BCUT2D eigenvalue weighted by molar-refractivity contribution is -0.122. The molecule has 6 heteroatoms. The van der Waals surface area contributed by atoms with Gasteiger partial charge in [0.1, 0.15) is 5.54 Å². The summed E-state index contributed by atoms with van der Waals surface area (Å²) in [4.78, 5) is 12.4. The number of hydrogen-bond donors (Lipinski definition) is 3. The highest BCUT2D eigenvalue weighted by atomic mass is 16.5. The Morgan fingerprint density at radius 1 is 1.10 bits per heavy atom. The van der Waals surface area contributed by atoms with Crippen molar-refractivity contribution in [1.29, 1.82) is 0 Å². The van der Waals surface area contributed by atoms with Crippen molar-refractivity contribution in [2.24, 2.45) is 5.73 Å². The van der Waals surface area contributed by atoms with Gasteiger partial charge in [0.25, 0.3) is 0 Å². The lowest BCUT2D eigenvalue weighted by atomic mass is 9.92. The Hall–Kier alpha value is -1.63. The fourth-order valence-electron chi connectivity index (χ4n) is 1.90. The Bertz CT molecular complexity index is 426. The van der Waals surface area contributed by atoms with E-state index in [0.29, 0.717) is 31.7 Å². The maximum absolute atomic E-state index is 12.4. The highest BCUT2D eigenvalue weighted by molar-refractivity contribution is 5.98. The zero-order valence-corrected chi connectivity index (χ0v) is 12.9. The van der Waals surface area contributed by atoms with Gasteiger partial charge in [-0.1, -0.05) is 0 Å². The number of rotatable bonds is 9. The summed E-state index contributed by atoms with van der Waals surface area (Å²) in [7, 11) is 5.02. The van der Waals surface area contributed by atoms with Crippen LogP contribution < -0.4 is 16.4 Å². The molecule has 0 aliphatic carbocycles. The maximum atomic E-state index is 12.4. The number of amides is 1. The Balaban J connectivity index is 2.73. The van der Waals surface area contributed by atoms with E-state index in [2.05, 4.69) is 10.6 Å². The van der Waals surface area contributed by atoms with Gasteiger partial charge in [-0.15, -0.1) is 0 Å². The number of hydrogen-bond acceptors (Lipinski definition) is 5. The van der Waals surface area contributed by atoms with Gasteiger partial charge >= 0.3 is 0 Å². The van der Waals surface area contributed by atoms with E-state index in [1.165, 1.54) is 0 Å². The van der Waals surface area contributed by atoms with Gasteiger partial charge in [-0.25, -0.2) is 0 Å². The molecule has 0 aliphatic rings. The molecule has 0 saturated heterocycles. The van der Waals surface area contributed by atoms with Crippen molar-refractivity contribution in [2.45, 2.75) is 18.4 Å². The van der Waals surface area contributed by atoms with Crippen LogP contribution >= 0.6 is 0 Å². The highest BCUT2D eigenvalue weighted by Gasteiger charge is 2.33. The molecule has 0 atom stereocenters. The number of carbonyl (C=O) groups excluding carboxylic acids is 1. The second-order valence-corrected chi connectivity index (χ2v) is 4.92. The highest BCUT2D eigenvalue weighted by Crippen LogP contribution is 2.18. The first-order chi connectivity index (χ1) is 10.1. The van der Waals surface area contributed by atoms with Crippen LogP contribution in [0.3, 0.4) is 0 Å². The second kappa shape index (κ2) is 8.61. The number of nitrogens with two attached hydrogens (primary N) is 1. The molecule has 0 fully saturated rings. The largest absolute Gasteiger partial charge is 0.388 e. The first kappa shape index (κ1) is 17.4. The molecule has 21 heavy (non-hydrogen) atoms. The summed E-state index contributed by atoms with van der Waals surface area (Å²) in [6, 6.07) is 7.43. The average Bonchev–Trinajstić information content (AvgIpc) is 2.51. The molecule has 0 spiro atoms. The first-order valence-corrected chi connectivity index (χ1v) is 6.92. The van der Waals surface area contributed by atoms with Crippen molar-refractivity contribution in [2.75, 3.05) is 45.1 Å². The smallest absolute Gasteiger partial charge is 0.244 e. The van der Waals surface area contributed by atoms with Gasteiger partial charge in [0, 0.05) is 45.9 Å². The second-order valence-electron chi connectivity index (χ2n) is 4.92. The Morgan fingerprint density at radius 3 is 2.00 bits per heavy atom. The van der Waals surface area contributed by atoms with Crippen LogP contribution in [0.15, 0.2) is 24.3 Å². The number of methoxy groups -OCH3 is 2. The normalized spacial score (nSPS) is 11.2. The number of nitrogens with one attached hydrogen (secondary N) is 2. The summed E-state index contributed by atoms with van der Waals surface area (Å²) >= 11 is 0. The molecule has 1 aromatic carbocycles. The van der Waals surface area contributed by atoms with Gasteiger partial charge in [0.2, 0.25) is 5.91 Å². The van der Waals surface area contributed by atoms with E-state index in [0.717, 1.165) is 5.69 Å². The zero-order chi connectivity index (χ0) is 15.7. The summed E-state index contributed by atoms with van der Waals surface area (Å²) < 4.78 is 10.1. The zero-order valence-electron chi connectivity index (χ0n) is 12.9. The van der Waals surface area contributed by atoms with Gasteiger partial charge in [-0.05, 0) is 37.1 Å². The minimum atomic E-state index is -1.01. The molecule has 0 bridgehead atoms. The molecule has 0 unspecified atom stereocenters. The quantitative estimate of drug-likeness (QED) is 0.642. The number of anilines is 2. The maximum Gasteiger partial charge on any atom is 0.244 e. The molecule has 1 amide bonds. The van der Waals surface area contributed by atoms with Crippen molar-refractivity contribution >= 4 is 17.3 Å². The van der Waals surface area contributed by atoms with Crippen LogP contribution in [0.4, 0.5) is 11.4 Å². The Morgan fingerprint density at radius 2 is 1.57 bits per heavy atom. The van der Waals surface area contributed by atoms with E-state index in [4.69, 9.17) is 15.2 Å². The van der Waals surface area contributed by atoms with E-state index in [-0.39, 0.29) is 5.91 Å². The van der Waals surface area contributed by atoms with E-state index < -0.39 is 5.54 Å². The summed E-state index contributed by atoms with van der Waals surface area (Å²) in [6.45, 7) is 0.846. The molecule has 1 rings (SSSR count). The van der Waals surface area contributed by atoms with E-state index >= 15 is 0 Å². The molecule has 4 N–H and O–H groups in total. The molecule has 0 saturated carbocycles. The fourth-order valence-corrected chi connectivity index (χ4v) is 1.90. The molecule has 118 valence electrons. The van der Waals surface area contributed by atoms with E-state index in [1.807, 2.05) is 31.3 Å². The van der Waals surface area contributed by atoms with E-state index in [9.17, 15) is 4.79 Å². The predicted octanol–water partition coefficient (Wildman–Crippen LogP) is 1.44. The van der Waals surface area contributed by atoms with Crippen LogP contribution in [0.1, 0.15) is 12.8 Å². The molecule has 0 aromatic heterocycles. The van der Waals surface area contributed by atoms with Crippen LogP contribution in [0, 0.1) is 0 Å². The van der Waals surface area contributed by atoms with Crippen LogP contribution in [0.5, 0.6) is 0 Å². The third kappa shape index (κ3) is 5.34. The lowest BCUT2D eigenvalue weighted by Crippen LogP contribution is -2.52. The molecule has 0 radical (unpaired) electrons. The van der Waals surface area contributed by atoms with Gasteiger partial charge in [0.05, 0.1) is 0 Å². The Labute approximate surface area is 126 Å². The van der Waals surface area contributed by atoms with Crippen molar-refractivity contribution in [3.05, 3.63) is 24.3 Å². The van der Waals surface area contributed by atoms with E-state index in [1.54, 1.807) is 14.2 Å². The van der Waals surface area contributed by atoms with Crippen molar-refractivity contribution in [3.63, 3.8) is 0 Å². The SMILES string of the molecule is CNc1ccc(NC(=O)C(N)(CCOC)CCOC)cc1. The van der Waals surface area contributed by atoms with Crippen LogP contribution in [0.2, 0.25) is 0 Å².